The Hall–Kier alpha value is -0.410. The summed E-state index contributed by atoms with van der Waals surface area (Å²) in [5.41, 5.74) is -0.623. The van der Waals surface area contributed by atoms with Gasteiger partial charge in [0.25, 0.3) is 0 Å². The zero-order valence-corrected chi connectivity index (χ0v) is 12.0. The maximum atomic E-state index is 12.2. The Balaban J connectivity index is 1.85. The average molecular weight is 253 g/mol. The number of nitrogens with zero attached hydrogens (tertiary/aromatic N) is 1. The van der Waals surface area contributed by atoms with Crippen molar-refractivity contribution in [2.75, 3.05) is 20.1 Å². The first-order chi connectivity index (χ1) is 8.32. The summed E-state index contributed by atoms with van der Waals surface area (Å²) in [5, 5.41) is 10.4. The summed E-state index contributed by atoms with van der Waals surface area (Å²) in [5.74, 6) is 0.586. The van der Waals surface area contributed by atoms with E-state index < -0.39 is 5.60 Å². The zero-order valence-electron chi connectivity index (χ0n) is 12.0. The molecule has 2 aliphatic carbocycles. The predicted molar refractivity (Wildman–Crippen MR) is 72.4 cm³/mol. The first-order valence-corrected chi connectivity index (χ1v) is 7.28. The van der Waals surface area contributed by atoms with Crippen molar-refractivity contribution in [1.29, 1.82) is 0 Å². The van der Waals surface area contributed by atoms with Gasteiger partial charge in [-0.3, -0.25) is 4.79 Å². The van der Waals surface area contributed by atoms with E-state index >= 15 is 0 Å². The first-order valence-electron chi connectivity index (χ1n) is 7.28. The normalized spacial score (nSPS) is 30.3. The van der Waals surface area contributed by atoms with Crippen molar-refractivity contribution >= 4 is 5.78 Å². The largest absolute Gasteiger partial charge is 0.389 e. The van der Waals surface area contributed by atoms with Crippen LogP contribution in [-0.4, -0.2) is 41.5 Å². The van der Waals surface area contributed by atoms with Gasteiger partial charge in [-0.15, -0.1) is 0 Å². The molecular formula is C15H27NO2. The number of Topliss-reactive ketones (excluding diaryl/α,β-unsaturated/α-hetero) is 1. The van der Waals surface area contributed by atoms with E-state index in [0.717, 1.165) is 51.6 Å². The minimum atomic E-state index is -0.494. The lowest BCUT2D eigenvalue weighted by atomic mass is 9.89. The Morgan fingerprint density at radius 3 is 2.39 bits per heavy atom. The van der Waals surface area contributed by atoms with Crippen LogP contribution >= 0.6 is 0 Å². The summed E-state index contributed by atoms with van der Waals surface area (Å²) in [7, 11) is 2.04. The number of hydrogen-bond acceptors (Lipinski definition) is 3. The number of carbonyl (C=O) groups is 1. The summed E-state index contributed by atoms with van der Waals surface area (Å²) in [6.07, 6.45) is 6.13. The van der Waals surface area contributed by atoms with Gasteiger partial charge in [0.15, 0.2) is 0 Å². The van der Waals surface area contributed by atoms with E-state index in [1.54, 1.807) is 0 Å². The predicted octanol–water partition coefficient (Wildman–Crippen LogP) is 2.23. The molecule has 0 bridgehead atoms. The van der Waals surface area contributed by atoms with E-state index in [1.807, 2.05) is 7.05 Å². The number of rotatable bonds is 4. The van der Waals surface area contributed by atoms with Gasteiger partial charge in [0.1, 0.15) is 5.78 Å². The number of ketones is 1. The molecule has 1 unspecified atom stereocenters. The molecule has 0 radical (unpaired) electrons. The van der Waals surface area contributed by atoms with Gasteiger partial charge in [0.05, 0.1) is 5.60 Å². The first kappa shape index (κ1) is 14.0. The maximum absolute atomic E-state index is 12.2. The Morgan fingerprint density at radius 2 is 1.89 bits per heavy atom. The minimum absolute atomic E-state index is 0.129. The molecule has 3 nitrogen and oxygen atoms in total. The molecule has 2 saturated carbocycles. The second kappa shape index (κ2) is 4.93. The molecule has 104 valence electrons. The van der Waals surface area contributed by atoms with Gasteiger partial charge in [0, 0.05) is 24.4 Å². The van der Waals surface area contributed by atoms with Crippen molar-refractivity contribution in [3.63, 3.8) is 0 Å². The Bertz CT molecular complexity index is 318. The smallest absolute Gasteiger partial charge is 0.142 e. The lowest BCUT2D eigenvalue weighted by Crippen LogP contribution is -2.42. The lowest BCUT2D eigenvalue weighted by Gasteiger charge is -2.30. The zero-order chi connectivity index (χ0) is 13.4. The van der Waals surface area contributed by atoms with Gasteiger partial charge in [-0.1, -0.05) is 26.7 Å². The highest BCUT2D eigenvalue weighted by Gasteiger charge is 2.41. The molecule has 0 aromatic carbocycles. The third-order valence-corrected chi connectivity index (χ3v) is 4.79. The molecule has 1 N–H and O–H groups in total. The highest BCUT2D eigenvalue weighted by Crippen LogP contribution is 2.38. The third-order valence-electron chi connectivity index (χ3n) is 4.79. The molecule has 2 fully saturated rings. The van der Waals surface area contributed by atoms with Crippen LogP contribution in [0.1, 0.15) is 52.4 Å². The Labute approximate surface area is 111 Å². The molecule has 18 heavy (non-hydrogen) atoms. The van der Waals surface area contributed by atoms with Crippen molar-refractivity contribution in [3.05, 3.63) is 0 Å². The quantitative estimate of drug-likeness (QED) is 0.835. The monoisotopic (exact) mass is 253 g/mol. The number of likely N-dealkylation sites (N-methyl/N-ethyl adjacent to an activating group) is 1. The van der Waals surface area contributed by atoms with E-state index in [1.165, 1.54) is 0 Å². The van der Waals surface area contributed by atoms with Gasteiger partial charge in [-0.2, -0.15) is 0 Å². The van der Waals surface area contributed by atoms with Crippen LogP contribution in [0.5, 0.6) is 0 Å². The van der Waals surface area contributed by atoms with Crippen LogP contribution in [0.15, 0.2) is 0 Å². The molecule has 0 aliphatic heterocycles. The van der Waals surface area contributed by atoms with E-state index in [4.69, 9.17) is 0 Å². The lowest BCUT2D eigenvalue weighted by molar-refractivity contribution is -0.128. The molecule has 2 rings (SSSR count). The van der Waals surface area contributed by atoms with Gasteiger partial charge >= 0.3 is 0 Å². The molecule has 0 aromatic heterocycles. The second-order valence-corrected chi connectivity index (χ2v) is 7.11. The van der Waals surface area contributed by atoms with Crippen LogP contribution in [0.3, 0.4) is 0 Å². The maximum Gasteiger partial charge on any atom is 0.142 e. The van der Waals surface area contributed by atoms with E-state index in [-0.39, 0.29) is 11.3 Å². The van der Waals surface area contributed by atoms with Crippen molar-refractivity contribution in [2.45, 2.75) is 58.0 Å². The number of carbonyl (C=O) groups excluding carboxylic acids is 1. The van der Waals surface area contributed by atoms with Crippen LogP contribution in [0.25, 0.3) is 0 Å². The van der Waals surface area contributed by atoms with Crippen molar-refractivity contribution in [2.24, 2.45) is 11.3 Å². The summed E-state index contributed by atoms with van der Waals surface area (Å²) >= 11 is 0. The Kier molecular flexibility index (Phi) is 3.84. The average Bonchev–Trinajstić information content (AvgIpc) is 2.78. The number of aliphatic hydroxyl groups is 1. The fourth-order valence-electron chi connectivity index (χ4n) is 3.65. The topological polar surface area (TPSA) is 40.5 Å². The van der Waals surface area contributed by atoms with Crippen molar-refractivity contribution in [1.82, 2.24) is 4.90 Å². The SMILES string of the molecule is CN(CC1CCC(C)(C)C1=O)CC1(O)CCCC1. The molecule has 1 atom stereocenters. The molecule has 0 spiro atoms. The van der Waals surface area contributed by atoms with Crippen LogP contribution in [0, 0.1) is 11.3 Å². The van der Waals surface area contributed by atoms with Gasteiger partial charge in [-0.05, 0) is 32.7 Å². The Morgan fingerprint density at radius 1 is 1.28 bits per heavy atom. The van der Waals surface area contributed by atoms with E-state index in [0.29, 0.717) is 5.78 Å². The highest BCUT2D eigenvalue weighted by atomic mass is 16.3. The van der Waals surface area contributed by atoms with Gasteiger partial charge in [0.2, 0.25) is 0 Å². The highest BCUT2D eigenvalue weighted by molar-refractivity contribution is 5.88. The fraction of sp³-hybridized carbons (Fsp3) is 0.933. The third kappa shape index (κ3) is 2.94. The molecule has 2 aliphatic rings. The van der Waals surface area contributed by atoms with E-state index in [2.05, 4.69) is 18.7 Å². The molecule has 3 heteroatoms. The summed E-state index contributed by atoms with van der Waals surface area (Å²) in [6, 6.07) is 0. The summed E-state index contributed by atoms with van der Waals surface area (Å²) in [4.78, 5) is 14.4. The summed E-state index contributed by atoms with van der Waals surface area (Å²) < 4.78 is 0. The molecule has 0 amide bonds. The van der Waals surface area contributed by atoms with E-state index in [9.17, 15) is 9.90 Å². The molecular weight excluding hydrogens is 226 g/mol. The van der Waals surface area contributed by atoms with Crippen LogP contribution in [0.4, 0.5) is 0 Å². The summed E-state index contributed by atoms with van der Waals surface area (Å²) in [6.45, 7) is 5.64. The van der Waals surface area contributed by atoms with Crippen LogP contribution < -0.4 is 0 Å². The van der Waals surface area contributed by atoms with Crippen molar-refractivity contribution in [3.8, 4) is 0 Å². The van der Waals surface area contributed by atoms with Crippen molar-refractivity contribution < 1.29 is 9.90 Å². The minimum Gasteiger partial charge on any atom is -0.389 e. The standard InChI is InChI=1S/C15H27NO2/c1-14(2)9-6-12(13(14)17)10-16(3)11-15(18)7-4-5-8-15/h12,18H,4-11H2,1-3H3. The van der Waals surface area contributed by atoms with Crippen LogP contribution in [0.2, 0.25) is 0 Å². The fourth-order valence-corrected chi connectivity index (χ4v) is 3.65. The van der Waals surface area contributed by atoms with Gasteiger partial charge in [-0.25, -0.2) is 0 Å². The van der Waals surface area contributed by atoms with Gasteiger partial charge < -0.3 is 10.0 Å². The molecule has 0 heterocycles. The van der Waals surface area contributed by atoms with Crippen LogP contribution in [-0.2, 0) is 4.79 Å². The molecule has 0 saturated heterocycles. The number of hydrogen-bond donors (Lipinski definition) is 1. The molecule has 0 aromatic rings. The second-order valence-electron chi connectivity index (χ2n) is 7.11.